The number of ether oxygens (including phenoxy) is 4. The van der Waals surface area contributed by atoms with Crippen LogP contribution in [-0.2, 0) is 15.1 Å². The van der Waals surface area contributed by atoms with Crippen LogP contribution in [-0.4, -0.2) is 78.7 Å². The fraction of sp³-hybridized carbons (Fsp3) is 0.290. The Balaban J connectivity index is 1.53. The molecule has 3 atom stereocenters. The van der Waals surface area contributed by atoms with Crippen LogP contribution in [0.25, 0.3) is 0 Å². The molecule has 1 aliphatic heterocycles. The van der Waals surface area contributed by atoms with Crippen molar-refractivity contribution in [1.82, 2.24) is 9.55 Å². The molecule has 1 radical (unpaired) electrons. The Bertz CT molecular complexity index is 1470. The first kappa shape index (κ1) is 29.5. The fourth-order valence-electron chi connectivity index (χ4n) is 5.10. The van der Waals surface area contributed by atoms with Crippen LogP contribution in [0.1, 0.15) is 29.3 Å². The van der Waals surface area contributed by atoms with Crippen molar-refractivity contribution in [2.75, 3.05) is 20.8 Å². The van der Waals surface area contributed by atoms with Crippen LogP contribution in [0.3, 0.4) is 0 Å². The minimum absolute atomic E-state index is 0.0665. The van der Waals surface area contributed by atoms with Gasteiger partial charge in [0, 0.05) is 0 Å². The van der Waals surface area contributed by atoms with Crippen molar-refractivity contribution in [3.8, 4) is 11.5 Å². The molecule has 1 aliphatic rings. The molecule has 1 aromatic heterocycles. The van der Waals surface area contributed by atoms with Gasteiger partial charge in [-0.05, 0) is 0 Å². The summed E-state index contributed by atoms with van der Waals surface area (Å²) in [5.41, 5.74) is 1.20. The molecule has 1 saturated heterocycles. The molecular weight excluding hydrogens is 654 g/mol. The van der Waals surface area contributed by atoms with E-state index < -0.39 is 29.7 Å². The number of hydrogen-bond acceptors (Lipinski definition) is 7. The first-order valence-electron chi connectivity index (χ1n) is 13.1. The second kappa shape index (κ2) is 12.9. The number of aliphatic hydroxyl groups is 1. The first-order valence-corrected chi connectivity index (χ1v) is 16.5. The number of methoxy groups -OCH3 is 2. The molecule has 3 aromatic carbocycles. The van der Waals surface area contributed by atoms with E-state index in [1.165, 1.54) is 4.57 Å². The number of hydrogen-bond donors (Lipinski definition) is 1. The molecule has 213 valence electrons. The Morgan fingerprint density at radius 3 is 2.07 bits per heavy atom. The van der Waals surface area contributed by atoms with Gasteiger partial charge in [0.1, 0.15) is 11.5 Å². The summed E-state index contributed by atoms with van der Waals surface area (Å²) in [5.74, 6) is 3.51. The van der Waals surface area contributed by atoms with Gasteiger partial charge in [-0.15, -0.1) is 0 Å². The maximum absolute atomic E-state index is 12.7. The van der Waals surface area contributed by atoms with E-state index in [-0.39, 0.29) is 28.0 Å². The molecule has 0 saturated carbocycles. The molecule has 2 heterocycles. The van der Waals surface area contributed by atoms with Gasteiger partial charge in [-0.25, -0.2) is 0 Å². The third kappa shape index (κ3) is 6.01. The van der Waals surface area contributed by atoms with Gasteiger partial charge in [-0.1, -0.05) is 6.07 Å². The van der Waals surface area contributed by atoms with Gasteiger partial charge < -0.3 is 9.47 Å². The van der Waals surface area contributed by atoms with Crippen molar-refractivity contribution in [2.45, 2.75) is 36.3 Å². The molecule has 1 N–H and O–H groups in total. The molecule has 5 rings (SSSR count). The van der Waals surface area contributed by atoms with Gasteiger partial charge in [-0.2, -0.15) is 0 Å². The van der Waals surface area contributed by atoms with Crippen LogP contribution >= 0.6 is 0 Å². The fourth-order valence-corrected chi connectivity index (χ4v) is 7.20. The van der Waals surface area contributed by atoms with E-state index in [2.05, 4.69) is 26.8 Å². The van der Waals surface area contributed by atoms with E-state index in [1.54, 1.807) is 20.4 Å². The predicted molar refractivity (Wildman–Crippen MR) is 158 cm³/mol. The number of benzene rings is 3. The van der Waals surface area contributed by atoms with Crippen LogP contribution in [0.15, 0.2) is 89.9 Å². The second-order valence-corrected chi connectivity index (χ2v) is 12.1. The van der Waals surface area contributed by atoms with Gasteiger partial charge in [0.15, 0.2) is 0 Å². The standard InChI is InChI=1S/C31H31N2O6Se2/c1-36-23-13-9-21(10-14-23)31(20-7-5-4-6-8-20,22-11-15-24(37-2)16-12-22)38-19-26-25(34)17-28(39-26)33-18-27(41-3)29(40)32-30(33)35/h4-16,18,25-26,28,34H,17,19H2,1-3H3/t25-,26+,28+/m0/s1. The first-order chi connectivity index (χ1) is 19.9. The van der Waals surface area contributed by atoms with E-state index in [1.807, 2.05) is 78.9 Å². The van der Waals surface area contributed by atoms with Gasteiger partial charge >= 0.3 is 213 Å². The summed E-state index contributed by atoms with van der Waals surface area (Å²) in [6.07, 6.45) is -0.119. The third-order valence-corrected chi connectivity index (χ3v) is 10.1. The van der Waals surface area contributed by atoms with Gasteiger partial charge in [0.2, 0.25) is 0 Å². The summed E-state index contributed by atoms with van der Waals surface area (Å²) in [7, 11) is 3.26. The minimum atomic E-state index is -1.04. The molecule has 0 bridgehead atoms. The average Bonchev–Trinajstić information content (AvgIpc) is 3.38. The summed E-state index contributed by atoms with van der Waals surface area (Å²) in [5, 5.41) is 11.1. The zero-order valence-electron chi connectivity index (χ0n) is 22.9. The van der Waals surface area contributed by atoms with Crippen LogP contribution < -0.4 is 24.2 Å². The monoisotopic (exact) mass is 687 g/mol. The summed E-state index contributed by atoms with van der Waals surface area (Å²) in [4.78, 5) is 16.8. The molecule has 0 unspecified atom stereocenters. The summed E-state index contributed by atoms with van der Waals surface area (Å²) in [6, 6.07) is 25.5. The zero-order valence-corrected chi connectivity index (χ0v) is 26.4. The molecule has 0 amide bonds. The Hall–Kier alpha value is -2.94. The predicted octanol–water partition coefficient (Wildman–Crippen LogP) is 2.09. The van der Waals surface area contributed by atoms with E-state index in [4.69, 9.17) is 18.9 Å². The average molecular weight is 686 g/mol. The van der Waals surface area contributed by atoms with E-state index in [0.717, 1.165) is 32.7 Å². The molecule has 8 nitrogen and oxygen atoms in total. The van der Waals surface area contributed by atoms with E-state index in [9.17, 15) is 9.90 Å². The molecule has 0 aliphatic carbocycles. The maximum atomic E-state index is 12.7. The third-order valence-electron chi connectivity index (χ3n) is 7.26. The molecule has 41 heavy (non-hydrogen) atoms. The van der Waals surface area contributed by atoms with Gasteiger partial charge in [0.05, 0.1) is 14.2 Å². The molecule has 1 fully saturated rings. The Morgan fingerprint density at radius 1 is 0.976 bits per heavy atom. The second-order valence-electron chi connectivity index (χ2n) is 9.55. The number of aliphatic hydroxyl groups excluding tert-OH is 1. The van der Waals surface area contributed by atoms with Crippen molar-refractivity contribution < 1.29 is 24.1 Å². The van der Waals surface area contributed by atoms with Gasteiger partial charge in [-0.3, -0.25) is 0 Å². The number of nitrogens with zero attached hydrogens (tertiary/aromatic N) is 2. The SMILES string of the molecule is COc1ccc(C(OC[C@H]2O[C@@H](n3cc([Se]C)c([Se])nc3=O)C[C@@H]2O)(c2ccccc2)c2ccc(OC)cc2)cc1. The van der Waals surface area contributed by atoms with Gasteiger partial charge in [0.25, 0.3) is 0 Å². The Morgan fingerprint density at radius 2 is 1.54 bits per heavy atom. The normalized spacial score (nSPS) is 18.8. The number of rotatable bonds is 10. The van der Waals surface area contributed by atoms with Crippen LogP contribution in [0.2, 0.25) is 5.82 Å². The number of aromatic nitrogens is 2. The van der Waals surface area contributed by atoms with Crippen molar-refractivity contribution in [3.63, 3.8) is 0 Å². The molecule has 4 aromatic rings. The molecule has 0 spiro atoms. The molecular formula is C31H31N2O6Se2. The zero-order chi connectivity index (χ0) is 29.0. The van der Waals surface area contributed by atoms with Crippen LogP contribution in [0, 0.1) is 0 Å². The summed E-state index contributed by atoms with van der Waals surface area (Å²) >= 11 is 2.99. The topological polar surface area (TPSA) is 92.0 Å². The van der Waals surface area contributed by atoms with E-state index >= 15 is 0 Å². The van der Waals surface area contributed by atoms with Crippen molar-refractivity contribution in [3.05, 3.63) is 112 Å². The Labute approximate surface area is 253 Å². The van der Waals surface area contributed by atoms with Crippen molar-refractivity contribution in [1.29, 1.82) is 0 Å². The summed E-state index contributed by atoms with van der Waals surface area (Å²) < 4.78 is 27.1. The van der Waals surface area contributed by atoms with Crippen LogP contribution in [0.4, 0.5) is 0 Å². The molecule has 10 heteroatoms. The van der Waals surface area contributed by atoms with Crippen LogP contribution in [0.5, 0.6) is 11.5 Å². The van der Waals surface area contributed by atoms with E-state index in [0.29, 0.717) is 4.59 Å². The van der Waals surface area contributed by atoms with Crippen molar-refractivity contribution in [2.24, 2.45) is 0 Å². The summed E-state index contributed by atoms with van der Waals surface area (Å²) in [6.45, 7) is 0.0665. The Kier molecular flexibility index (Phi) is 9.31. The quantitative estimate of drug-likeness (QED) is 0.202. The van der Waals surface area contributed by atoms with Crippen molar-refractivity contribution >= 4 is 40.0 Å².